The van der Waals surface area contributed by atoms with Crippen molar-refractivity contribution in [2.75, 3.05) is 11.5 Å². The van der Waals surface area contributed by atoms with Crippen LogP contribution in [0, 0.1) is 12.2 Å². The van der Waals surface area contributed by atoms with E-state index in [4.69, 9.17) is 20.5 Å². The molecule has 0 aliphatic heterocycles. The molecule has 0 atom stereocenters. The second-order valence-corrected chi connectivity index (χ2v) is 6.40. The summed E-state index contributed by atoms with van der Waals surface area (Å²) in [5, 5.41) is 0. The van der Waals surface area contributed by atoms with E-state index in [0.717, 1.165) is 0 Å². The fraction of sp³-hybridized carbons (Fsp3) is 0.167. The molecule has 13 nitrogen and oxygen atoms in total. The van der Waals surface area contributed by atoms with E-state index in [2.05, 4.69) is 29.9 Å². The lowest BCUT2D eigenvalue weighted by Crippen LogP contribution is -2.04. The SMILES string of the molecule is Nc1nc(F)nc2c1ncn2CO[PH](=O)OCn1cnc2c(N)nc(F)nc21. The Bertz CT molecular complexity index is 1120. The summed E-state index contributed by atoms with van der Waals surface area (Å²) in [5.74, 6) is -0.267. The number of fused-ring (bicyclic) bond motifs is 2. The lowest BCUT2D eigenvalue weighted by Gasteiger charge is -2.08. The van der Waals surface area contributed by atoms with Gasteiger partial charge in [-0.05, 0) is 0 Å². The highest BCUT2D eigenvalue weighted by atomic mass is 31.1. The van der Waals surface area contributed by atoms with Crippen LogP contribution < -0.4 is 11.5 Å². The van der Waals surface area contributed by atoms with E-state index in [1.54, 1.807) is 0 Å². The predicted molar refractivity (Wildman–Crippen MR) is 90.6 cm³/mol. The lowest BCUT2D eigenvalue weighted by atomic mass is 10.5. The van der Waals surface area contributed by atoms with Gasteiger partial charge in [0.1, 0.15) is 13.5 Å². The fourth-order valence-electron chi connectivity index (χ4n) is 2.35. The zero-order chi connectivity index (χ0) is 19.8. The molecule has 0 bridgehead atoms. The van der Waals surface area contributed by atoms with Gasteiger partial charge in [-0.15, -0.1) is 0 Å². The van der Waals surface area contributed by atoms with Gasteiger partial charge in [0.25, 0.3) is 0 Å². The van der Waals surface area contributed by atoms with Crippen LogP contribution in [0.3, 0.4) is 0 Å². The number of aromatic nitrogens is 8. The molecule has 4 rings (SSSR count). The maximum Gasteiger partial charge on any atom is 0.322 e. The first-order chi connectivity index (χ1) is 13.4. The third kappa shape index (κ3) is 3.33. The number of nitrogen functional groups attached to an aromatic ring is 2. The predicted octanol–water partition coefficient (Wildman–Crippen LogP) is 0.447. The molecular weight excluding hydrogens is 401 g/mol. The minimum absolute atomic E-state index is 0.0723. The van der Waals surface area contributed by atoms with Crippen LogP contribution in [0.25, 0.3) is 22.3 Å². The monoisotopic (exact) mass is 412 g/mol. The summed E-state index contributed by atoms with van der Waals surface area (Å²) in [6, 6.07) is 0. The molecule has 0 spiro atoms. The first-order valence-electron chi connectivity index (χ1n) is 7.49. The number of halogens is 2. The second kappa shape index (κ2) is 7.03. The van der Waals surface area contributed by atoms with Gasteiger partial charge in [0.15, 0.2) is 34.0 Å². The number of hydrogen-bond donors (Lipinski definition) is 2. The summed E-state index contributed by atoms with van der Waals surface area (Å²) < 4.78 is 51.3. The standard InChI is InChI=1S/C12H11F2N10O3P/c13-11-19-7(15)5-9(21-11)23(1-17-5)3-26-28(25)27-4-24-2-18-6-8(16)20-12(14)22-10(6)24/h1-2,28H,3-4H2,(H2,15,19,21)(H2,16,20,22). The molecule has 0 aliphatic rings. The molecule has 0 fully saturated rings. The highest BCUT2D eigenvalue weighted by Crippen LogP contribution is 2.27. The second-order valence-electron chi connectivity index (χ2n) is 5.33. The zero-order valence-corrected chi connectivity index (χ0v) is 14.8. The maximum absolute atomic E-state index is 13.3. The van der Waals surface area contributed by atoms with E-state index in [1.807, 2.05) is 0 Å². The Labute approximate surface area is 154 Å². The molecule has 146 valence electrons. The van der Waals surface area contributed by atoms with Crippen LogP contribution in [-0.2, 0) is 27.1 Å². The Hall–Kier alpha value is -3.29. The first-order valence-corrected chi connectivity index (χ1v) is 8.72. The molecule has 0 radical (unpaired) electrons. The zero-order valence-electron chi connectivity index (χ0n) is 13.8. The van der Waals surface area contributed by atoms with Gasteiger partial charge in [-0.3, -0.25) is 22.7 Å². The Morgan fingerprint density at radius 1 is 0.857 bits per heavy atom. The van der Waals surface area contributed by atoms with Crippen LogP contribution in [0.4, 0.5) is 20.4 Å². The van der Waals surface area contributed by atoms with Gasteiger partial charge >= 0.3 is 20.4 Å². The van der Waals surface area contributed by atoms with Crippen LogP contribution in [0.15, 0.2) is 12.7 Å². The molecule has 4 aromatic rings. The molecule has 16 heteroatoms. The summed E-state index contributed by atoms with van der Waals surface area (Å²) in [6.45, 7) is -0.586. The van der Waals surface area contributed by atoms with Crippen molar-refractivity contribution in [3.05, 3.63) is 24.8 Å². The smallest absolute Gasteiger partial charge is 0.322 e. The van der Waals surface area contributed by atoms with Crippen LogP contribution in [0.2, 0.25) is 0 Å². The molecule has 4 aromatic heterocycles. The third-order valence-corrected chi connectivity index (χ3v) is 4.30. The average molecular weight is 412 g/mol. The molecule has 28 heavy (non-hydrogen) atoms. The average Bonchev–Trinajstić information content (AvgIpc) is 3.22. The van der Waals surface area contributed by atoms with Crippen molar-refractivity contribution in [2.45, 2.75) is 13.5 Å². The number of nitrogens with two attached hydrogens (primary N) is 2. The molecule has 0 unspecified atom stereocenters. The minimum atomic E-state index is -3.00. The van der Waals surface area contributed by atoms with Gasteiger partial charge in [0.05, 0.1) is 12.7 Å². The molecular formula is C12H11F2N10O3P. The molecule has 0 saturated heterocycles. The first kappa shape index (κ1) is 18.1. The van der Waals surface area contributed by atoms with Crippen LogP contribution in [0.5, 0.6) is 0 Å². The molecule has 0 aromatic carbocycles. The van der Waals surface area contributed by atoms with E-state index in [1.165, 1.54) is 21.8 Å². The number of anilines is 2. The van der Waals surface area contributed by atoms with Crippen LogP contribution in [0.1, 0.15) is 0 Å². The van der Waals surface area contributed by atoms with Crippen molar-refractivity contribution in [2.24, 2.45) is 0 Å². The molecule has 0 saturated carbocycles. The normalized spacial score (nSPS) is 11.8. The lowest BCUT2D eigenvalue weighted by molar-refractivity contribution is 0.160. The van der Waals surface area contributed by atoms with Crippen molar-refractivity contribution in [3.63, 3.8) is 0 Å². The summed E-state index contributed by atoms with van der Waals surface area (Å²) in [4.78, 5) is 21.7. The van der Waals surface area contributed by atoms with Crippen molar-refractivity contribution < 1.29 is 22.4 Å². The van der Waals surface area contributed by atoms with Crippen molar-refractivity contribution in [1.82, 2.24) is 39.0 Å². The Morgan fingerprint density at radius 3 is 1.71 bits per heavy atom. The van der Waals surface area contributed by atoms with E-state index < -0.39 is 20.4 Å². The van der Waals surface area contributed by atoms with Crippen LogP contribution in [-0.4, -0.2) is 39.0 Å². The number of imidazole rings is 2. The van der Waals surface area contributed by atoms with Crippen LogP contribution >= 0.6 is 8.25 Å². The van der Waals surface area contributed by atoms with Crippen molar-refractivity contribution in [3.8, 4) is 0 Å². The van der Waals surface area contributed by atoms with E-state index in [9.17, 15) is 13.3 Å². The van der Waals surface area contributed by atoms with Gasteiger partial charge < -0.3 is 11.5 Å². The van der Waals surface area contributed by atoms with Crippen molar-refractivity contribution >= 4 is 42.2 Å². The Balaban J connectivity index is 1.42. The Kier molecular flexibility index (Phi) is 4.54. The minimum Gasteiger partial charge on any atom is -0.382 e. The van der Waals surface area contributed by atoms with E-state index >= 15 is 0 Å². The number of hydrogen-bond acceptors (Lipinski definition) is 11. The van der Waals surface area contributed by atoms with E-state index in [0.29, 0.717) is 0 Å². The fourth-order valence-corrected chi connectivity index (χ4v) is 2.92. The van der Waals surface area contributed by atoms with E-state index in [-0.39, 0.29) is 47.4 Å². The van der Waals surface area contributed by atoms with Gasteiger partial charge in [-0.25, -0.2) is 9.97 Å². The molecule has 4 heterocycles. The highest BCUT2D eigenvalue weighted by molar-refractivity contribution is 7.33. The summed E-state index contributed by atoms with van der Waals surface area (Å²) >= 11 is 0. The van der Waals surface area contributed by atoms with Gasteiger partial charge in [-0.2, -0.15) is 28.7 Å². The van der Waals surface area contributed by atoms with Crippen molar-refractivity contribution in [1.29, 1.82) is 0 Å². The van der Waals surface area contributed by atoms with Gasteiger partial charge in [0, 0.05) is 0 Å². The van der Waals surface area contributed by atoms with Gasteiger partial charge in [0.2, 0.25) is 0 Å². The number of rotatable bonds is 6. The Morgan fingerprint density at radius 2 is 1.29 bits per heavy atom. The summed E-state index contributed by atoms with van der Waals surface area (Å²) in [7, 11) is -3.00. The molecule has 4 N–H and O–H groups in total. The third-order valence-electron chi connectivity index (χ3n) is 3.57. The maximum atomic E-state index is 13.3. The molecule has 0 amide bonds. The molecule has 0 aliphatic carbocycles. The summed E-state index contributed by atoms with van der Waals surface area (Å²) in [5.41, 5.74) is 11.6. The number of nitrogens with zero attached hydrogens (tertiary/aromatic N) is 8. The quantitative estimate of drug-likeness (QED) is 0.332. The van der Waals surface area contributed by atoms with Gasteiger partial charge in [-0.1, -0.05) is 0 Å². The largest absolute Gasteiger partial charge is 0.382 e. The summed E-state index contributed by atoms with van der Waals surface area (Å²) in [6.07, 6.45) is 0.485. The highest BCUT2D eigenvalue weighted by Gasteiger charge is 2.14. The topological polar surface area (TPSA) is 175 Å².